The molecular formula is C13H15ClN4O2S. The van der Waals surface area contributed by atoms with Gasteiger partial charge in [0.25, 0.3) is 0 Å². The van der Waals surface area contributed by atoms with Gasteiger partial charge in [0, 0.05) is 11.1 Å². The van der Waals surface area contributed by atoms with Crippen LogP contribution in [0.4, 0.5) is 5.69 Å². The highest BCUT2D eigenvalue weighted by Gasteiger charge is 2.24. The first-order valence-corrected chi connectivity index (χ1v) is 8.85. The lowest BCUT2D eigenvalue weighted by atomic mass is 10.1. The van der Waals surface area contributed by atoms with Crippen molar-refractivity contribution < 1.29 is 8.42 Å². The highest BCUT2D eigenvalue weighted by atomic mass is 35.5. The summed E-state index contributed by atoms with van der Waals surface area (Å²) in [5, 5.41) is 8.11. The average molecular weight is 327 g/mol. The van der Waals surface area contributed by atoms with E-state index in [0.29, 0.717) is 17.9 Å². The van der Waals surface area contributed by atoms with Crippen molar-refractivity contribution in [1.82, 2.24) is 14.8 Å². The Morgan fingerprint density at radius 1 is 1.29 bits per heavy atom. The van der Waals surface area contributed by atoms with E-state index < -0.39 is 9.84 Å². The lowest BCUT2D eigenvalue weighted by molar-refractivity contribution is 0.559. The summed E-state index contributed by atoms with van der Waals surface area (Å²) in [6.07, 6.45) is 4.28. The molecule has 1 saturated heterocycles. The molecule has 1 aliphatic heterocycles. The molecule has 2 heterocycles. The number of hydrogen-bond acceptors (Lipinski definition) is 5. The summed E-state index contributed by atoms with van der Waals surface area (Å²) >= 11 is 6.06. The molecule has 1 aromatic carbocycles. The van der Waals surface area contributed by atoms with E-state index in [9.17, 15) is 8.42 Å². The lowest BCUT2D eigenvalue weighted by Crippen LogP contribution is -2.32. The van der Waals surface area contributed by atoms with Crippen molar-refractivity contribution in [2.45, 2.75) is 18.9 Å². The van der Waals surface area contributed by atoms with E-state index in [-0.39, 0.29) is 17.5 Å². The summed E-state index contributed by atoms with van der Waals surface area (Å²) in [5.41, 5.74) is 1.67. The molecule has 112 valence electrons. The molecule has 1 fully saturated rings. The molecule has 1 N–H and O–H groups in total. The Hall–Kier alpha value is -1.60. The highest BCUT2D eigenvalue weighted by molar-refractivity contribution is 7.91. The minimum atomic E-state index is -2.86. The highest BCUT2D eigenvalue weighted by Crippen LogP contribution is 2.26. The molecule has 0 saturated carbocycles. The van der Waals surface area contributed by atoms with Gasteiger partial charge in [-0.3, -0.25) is 0 Å². The van der Waals surface area contributed by atoms with Crippen LogP contribution in [0, 0.1) is 0 Å². The van der Waals surface area contributed by atoms with Gasteiger partial charge >= 0.3 is 0 Å². The van der Waals surface area contributed by atoms with Gasteiger partial charge in [-0.2, -0.15) is 5.10 Å². The largest absolute Gasteiger partial charge is 0.380 e. The molecule has 2 aromatic rings. The van der Waals surface area contributed by atoms with Gasteiger partial charge in [0.15, 0.2) is 0 Å². The van der Waals surface area contributed by atoms with Gasteiger partial charge in [-0.1, -0.05) is 11.6 Å². The summed E-state index contributed by atoms with van der Waals surface area (Å²) < 4.78 is 24.6. The fourth-order valence-electron chi connectivity index (χ4n) is 2.41. The molecule has 21 heavy (non-hydrogen) atoms. The molecule has 8 heteroatoms. The van der Waals surface area contributed by atoms with Crippen LogP contribution in [0.3, 0.4) is 0 Å². The van der Waals surface area contributed by atoms with Crippen LogP contribution < -0.4 is 5.32 Å². The standard InChI is InChI=1S/C13H15ClN4O2S/c14-10-1-2-13(18-9-15-8-16-18)12(7-10)17-11-3-5-21(19,20)6-4-11/h1-2,7-9,11,17H,3-6H2. The van der Waals surface area contributed by atoms with Crippen molar-refractivity contribution in [2.75, 3.05) is 16.8 Å². The van der Waals surface area contributed by atoms with E-state index >= 15 is 0 Å². The maximum Gasteiger partial charge on any atom is 0.150 e. The lowest BCUT2D eigenvalue weighted by Gasteiger charge is -2.25. The summed E-state index contributed by atoms with van der Waals surface area (Å²) in [6, 6.07) is 5.59. The van der Waals surface area contributed by atoms with E-state index in [2.05, 4.69) is 15.4 Å². The van der Waals surface area contributed by atoms with Gasteiger partial charge in [-0.05, 0) is 31.0 Å². The molecular weight excluding hydrogens is 312 g/mol. The van der Waals surface area contributed by atoms with Crippen molar-refractivity contribution in [3.8, 4) is 5.69 Å². The third-order valence-corrected chi connectivity index (χ3v) is 5.49. The SMILES string of the molecule is O=S1(=O)CCC(Nc2cc(Cl)ccc2-n2cncn2)CC1. The molecule has 6 nitrogen and oxygen atoms in total. The predicted octanol–water partition coefficient (Wildman–Crippen LogP) is 1.91. The zero-order chi connectivity index (χ0) is 14.9. The number of nitrogens with one attached hydrogen (secondary N) is 1. The number of aromatic nitrogens is 3. The number of anilines is 1. The predicted molar refractivity (Wildman–Crippen MR) is 81.7 cm³/mol. The van der Waals surface area contributed by atoms with Crippen LogP contribution in [-0.4, -0.2) is 40.7 Å². The Kier molecular flexibility index (Phi) is 3.86. The summed E-state index contributed by atoms with van der Waals surface area (Å²) in [4.78, 5) is 3.94. The van der Waals surface area contributed by atoms with Crippen molar-refractivity contribution in [2.24, 2.45) is 0 Å². The average Bonchev–Trinajstić information content (AvgIpc) is 2.95. The van der Waals surface area contributed by atoms with Crippen molar-refractivity contribution in [1.29, 1.82) is 0 Å². The van der Waals surface area contributed by atoms with E-state index in [0.717, 1.165) is 11.4 Å². The van der Waals surface area contributed by atoms with Crippen LogP contribution in [0.15, 0.2) is 30.9 Å². The zero-order valence-corrected chi connectivity index (χ0v) is 12.8. The van der Waals surface area contributed by atoms with Crippen molar-refractivity contribution >= 4 is 27.1 Å². The summed E-state index contributed by atoms with van der Waals surface area (Å²) in [6.45, 7) is 0. The second kappa shape index (κ2) is 5.65. The first kappa shape index (κ1) is 14.3. The maximum atomic E-state index is 11.5. The van der Waals surface area contributed by atoms with Crippen LogP contribution in [0.5, 0.6) is 0 Å². The van der Waals surface area contributed by atoms with Crippen LogP contribution in [0.2, 0.25) is 5.02 Å². The van der Waals surface area contributed by atoms with E-state index in [1.54, 1.807) is 17.1 Å². The zero-order valence-electron chi connectivity index (χ0n) is 11.2. The van der Waals surface area contributed by atoms with E-state index in [4.69, 9.17) is 11.6 Å². The minimum absolute atomic E-state index is 0.120. The van der Waals surface area contributed by atoms with E-state index in [1.165, 1.54) is 6.33 Å². The minimum Gasteiger partial charge on any atom is -0.380 e. The smallest absolute Gasteiger partial charge is 0.150 e. The number of halogens is 1. The van der Waals surface area contributed by atoms with Gasteiger partial charge in [0.2, 0.25) is 0 Å². The van der Waals surface area contributed by atoms with Crippen LogP contribution in [0.25, 0.3) is 5.69 Å². The second-order valence-electron chi connectivity index (χ2n) is 5.07. The Balaban J connectivity index is 1.83. The van der Waals surface area contributed by atoms with Gasteiger partial charge < -0.3 is 5.32 Å². The molecule has 0 atom stereocenters. The quantitative estimate of drug-likeness (QED) is 0.932. The number of hydrogen-bond donors (Lipinski definition) is 1. The van der Waals surface area contributed by atoms with Crippen LogP contribution >= 0.6 is 11.6 Å². The fourth-order valence-corrected chi connectivity index (χ4v) is 4.07. The molecule has 1 aromatic heterocycles. The number of benzene rings is 1. The first-order chi connectivity index (χ1) is 10.0. The third-order valence-electron chi connectivity index (χ3n) is 3.54. The second-order valence-corrected chi connectivity index (χ2v) is 7.81. The van der Waals surface area contributed by atoms with Crippen molar-refractivity contribution in [3.63, 3.8) is 0 Å². The Morgan fingerprint density at radius 3 is 2.71 bits per heavy atom. The Morgan fingerprint density at radius 2 is 2.05 bits per heavy atom. The molecule has 3 rings (SSSR count). The third kappa shape index (κ3) is 3.36. The number of rotatable bonds is 3. The molecule has 0 spiro atoms. The monoisotopic (exact) mass is 326 g/mol. The van der Waals surface area contributed by atoms with Gasteiger partial charge in [-0.25, -0.2) is 18.1 Å². The molecule has 0 radical (unpaired) electrons. The molecule has 0 unspecified atom stereocenters. The van der Waals surface area contributed by atoms with Crippen LogP contribution in [-0.2, 0) is 9.84 Å². The normalized spacial score (nSPS) is 18.5. The summed E-state index contributed by atoms with van der Waals surface area (Å²) in [5.74, 6) is 0.452. The fraction of sp³-hybridized carbons (Fsp3) is 0.385. The number of nitrogens with zero attached hydrogens (tertiary/aromatic N) is 3. The Bertz CT molecular complexity index is 717. The van der Waals surface area contributed by atoms with Gasteiger partial charge in [0.1, 0.15) is 22.5 Å². The molecule has 0 aliphatic carbocycles. The van der Waals surface area contributed by atoms with E-state index in [1.807, 2.05) is 12.1 Å². The number of sulfone groups is 1. The van der Waals surface area contributed by atoms with Gasteiger partial charge in [0.05, 0.1) is 22.9 Å². The van der Waals surface area contributed by atoms with Crippen molar-refractivity contribution in [3.05, 3.63) is 35.9 Å². The molecule has 0 bridgehead atoms. The summed E-state index contributed by atoms with van der Waals surface area (Å²) in [7, 11) is -2.86. The maximum absolute atomic E-state index is 11.5. The topological polar surface area (TPSA) is 76.9 Å². The first-order valence-electron chi connectivity index (χ1n) is 6.65. The molecule has 0 amide bonds. The Labute approximate surface area is 128 Å². The van der Waals surface area contributed by atoms with Gasteiger partial charge in [-0.15, -0.1) is 0 Å². The molecule has 1 aliphatic rings. The van der Waals surface area contributed by atoms with Crippen LogP contribution in [0.1, 0.15) is 12.8 Å².